The van der Waals surface area contributed by atoms with E-state index >= 15 is 0 Å². The van der Waals surface area contributed by atoms with Crippen LogP contribution in [0.5, 0.6) is 0 Å². The molecule has 0 aromatic carbocycles. The number of nitrogens with one attached hydrogen (secondary N) is 2. The third-order valence-electron chi connectivity index (χ3n) is 7.92. The summed E-state index contributed by atoms with van der Waals surface area (Å²) in [5, 5.41) is 26.3. The van der Waals surface area contributed by atoms with Crippen molar-refractivity contribution in [2.24, 2.45) is 5.41 Å². The number of phosphoric acid groups is 3. The van der Waals surface area contributed by atoms with E-state index < -0.39 is 84.6 Å². The highest BCUT2D eigenvalue weighted by molar-refractivity contribution is 8.13. The number of aliphatic hydroxyl groups excluding tert-OH is 2. The van der Waals surface area contributed by atoms with Gasteiger partial charge >= 0.3 is 23.5 Å². The molecule has 2 amide bonds. The first-order valence-electron chi connectivity index (χ1n) is 16.6. The molecule has 0 spiro atoms. The second-order valence-corrected chi connectivity index (χ2v) is 18.3. The number of rotatable bonds is 22. The predicted octanol–water partition coefficient (Wildman–Crippen LogP) is -0.109. The van der Waals surface area contributed by atoms with Crippen LogP contribution in [0.25, 0.3) is 11.2 Å². The van der Waals surface area contributed by atoms with Crippen LogP contribution in [0.15, 0.2) is 35.5 Å². The second kappa shape index (κ2) is 19.7. The Hall–Kier alpha value is -3.16. The standard InChI is InChI=1S/C28H42N7O18P3S/c1-28(2,23(39)26(40)31-8-7-18(36)30-9-11-57-19(37)6-5-16-4-3-10-48-16)13-50-56(46,47)53-55(44,45)49-12-17-22(52-54(41,42)43)21(38)27(51-17)35-15-34-20-24(29)32-14-33-25(20)35/h3-4,10,14-15,17,21-23,27,38-39H,5-9,11-13H2,1-2H3,(H,30,36)(H,31,40)(H,44,45)(H,46,47)(H2,29,32,33)(H2,41,42,43)/t17-,21-,22-,23+,27-/m1/s1. The molecular weight excluding hydrogens is 847 g/mol. The first-order valence-corrected chi connectivity index (χ1v) is 22.1. The molecule has 57 heavy (non-hydrogen) atoms. The number of furan rings is 1. The summed E-state index contributed by atoms with van der Waals surface area (Å²) in [5.41, 5.74) is 4.25. The number of aliphatic hydroxyl groups is 2. The van der Waals surface area contributed by atoms with Gasteiger partial charge in [0, 0.05) is 43.5 Å². The van der Waals surface area contributed by atoms with Crippen molar-refractivity contribution in [3.05, 3.63) is 36.8 Å². The summed E-state index contributed by atoms with van der Waals surface area (Å²) >= 11 is 1.05. The van der Waals surface area contributed by atoms with E-state index in [1.165, 1.54) is 20.1 Å². The van der Waals surface area contributed by atoms with Gasteiger partial charge in [0.15, 0.2) is 22.8 Å². The number of carbonyl (C=O) groups is 3. The number of hydrogen-bond acceptors (Lipinski definition) is 19. The van der Waals surface area contributed by atoms with Crippen LogP contribution in [0.1, 0.15) is 38.7 Å². The summed E-state index contributed by atoms with van der Waals surface area (Å²) in [6.45, 7) is 0.451. The van der Waals surface area contributed by atoms with Crippen LogP contribution in [0.4, 0.5) is 5.82 Å². The summed E-state index contributed by atoms with van der Waals surface area (Å²) in [7, 11) is -16.4. The molecular formula is C28H42N7O18P3S. The molecule has 0 radical (unpaired) electrons. The quantitative estimate of drug-likeness (QED) is 0.0469. The van der Waals surface area contributed by atoms with Gasteiger partial charge in [0.2, 0.25) is 11.8 Å². The van der Waals surface area contributed by atoms with E-state index in [0.29, 0.717) is 17.9 Å². The lowest BCUT2D eigenvalue weighted by atomic mass is 9.87. The molecule has 4 heterocycles. The molecule has 0 saturated carbocycles. The molecule has 7 atom stereocenters. The summed E-state index contributed by atoms with van der Waals surface area (Å²) in [5.74, 6) is -0.461. The largest absolute Gasteiger partial charge is 0.481 e. The van der Waals surface area contributed by atoms with Crippen molar-refractivity contribution in [2.45, 2.75) is 63.8 Å². The normalized spacial score (nSPS) is 21.5. The lowest BCUT2D eigenvalue weighted by Gasteiger charge is -2.30. The van der Waals surface area contributed by atoms with E-state index in [1.54, 1.807) is 12.1 Å². The number of anilines is 1. The number of aromatic nitrogens is 4. The highest BCUT2D eigenvalue weighted by Crippen LogP contribution is 2.61. The van der Waals surface area contributed by atoms with Gasteiger partial charge in [-0.05, 0) is 12.1 Å². The maximum absolute atomic E-state index is 12.7. The van der Waals surface area contributed by atoms with E-state index in [2.05, 4.69) is 34.4 Å². The molecule has 3 aromatic heterocycles. The Labute approximate surface area is 327 Å². The Bertz CT molecular complexity index is 2000. The van der Waals surface area contributed by atoms with Gasteiger partial charge in [0.05, 0.1) is 25.8 Å². The first-order chi connectivity index (χ1) is 26.6. The fraction of sp³-hybridized carbons (Fsp3) is 0.571. The van der Waals surface area contributed by atoms with Gasteiger partial charge in [-0.1, -0.05) is 25.6 Å². The molecule has 318 valence electrons. The molecule has 4 rings (SSSR count). The minimum atomic E-state index is -5.57. The molecule has 10 N–H and O–H groups in total. The molecule has 25 nitrogen and oxygen atoms in total. The van der Waals surface area contributed by atoms with Crippen molar-refractivity contribution in [1.29, 1.82) is 0 Å². The van der Waals surface area contributed by atoms with E-state index in [-0.39, 0.29) is 48.0 Å². The predicted molar refractivity (Wildman–Crippen MR) is 194 cm³/mol. The van der Waals surface area contributed by atoms with E-state index in [1.807, 2.05) is 0 Å². The van der Waals surface area contributed by atoms with Gasteiger partial charge in [-0.2, -0.15) is 4.31 Å². The van der Waals surface area contributed by atoms with Crippen molar-refractivity contribution >= 4 is 69.1 Å². The number of nitrogens with two attached hydrogens (primary N) is 1. The lowest BCUT2D eigenvalue weighted by Crippen LogP contribution is -2.46. The average Bonchev–Trinajstić information content (AvgIpc) is 3.87. The number of imidazole rings is 1. The van der Waals surface area contributed by atoms with Gasteiger partial charge in [0.25, 0.3) is 0 Å². The molecule has 1 aliphatic rings. The number of carbonyl (C=O) groups excluding carboxylic acids is 3. The van der Waals surface area contributed by atoms with Gasteiger partial charge in [-0.15, -0.1) is 0 Å². The summed E-state index contributed by atoms with van der Waals surface area (Å²) < 4.78 is 67.3. The summed E-state index contributed by atoms with van der Waals surface area (Å²) in [6, 6.07) is 3.48. The zero-order chi connectivity index (χ0) is 42.2. The fourth-order valence-electron chi connectivity index (χ4n) is 5.05. The maximum Gasteiger partial charge on any atom is 0.481 e. The number of fused-ring (bicyclic) bond motifs is 1. The van der Waals surface area contributed by atoms with E-state index in [4.69, 9.17) is 23.9 Å². The topological polar surface area (TPSA) is 377 Å². The first kappa shape index (κ1) is 46.5. The lowest BCUT2D eigenvalue weighted by molar-refractivity contribution is -0.137. The summed E-state index contributed by atoms with van der Waals surface area (Å²) in [6.07, 6.45) is -4.70. The van der Waals surface area contributed by atoms with Crippen LogP contribution in [0.2, 0.25) is 0 Å². The van der Waals surface area contributed by atoms with Gasteiger partial charge < -0.3 is 55.3 Å². The second-order valence-electron chi connectivity index (χ2n) is 12.9. The molecule has 1 saturated heterocycles. The monoisotopic (exact) mass is 889 g/mol. The van der Waals surface area contributed by atoms with Crippen LogP contribution in [0, 0.1) is 5.41 Å². The van der Waals surface area contributed by atoms with Crippen LogP contribution in [0.3, 0.4) is 0 Å². The molecule has 29 heteroatoms. The minimum absolute atomic E-state index is 0.0285. The zero-order valence-corrected chi connectivity index (χ0v) is 33.6. The number of phosphoric ester groups is 3. The number of nitrogen functional groups attached to an aromatic ring is 1. The van der Waals surface area contributed by atoms with E-state index in [9.17, 15) is 57.9 Å². The van der Waals surface area contributed by atoms with Gasteiger partial charge in [0.1, 0.15) is 42.0 Å². The van der Waals surface area contributed by atoms with E-state index in [0.717, 1.165) is 29.0 Å². The third-order valence-corrected chi connectivity index (χ3v) is 12.0. The highest BCUT2D eigenvalue weighted by atomic mass is 32.2. The van der Waals surface area contributed by atoms with Crippen molar-refractivity contribution in [1.82, 2.24) is 30.2 Å². The Morgan fingerprint density at radius 1 is 1.05 bits per heavy atom. The fourth-order valence-corrected chi connectivity index (χ4v) is 8.55. The Kier molecular flexibility index (Phi) is 16.1. The number of hydrogen-bond donors (Lipinski definition) is 9. The SMILES string of the molecule is CC(C)(COP(=O)(O)OP(=O)(O)OC[C@H]1O[C@@H](n2cnc3c(N)ncnc32)[C@H](O)[C@@H]1OP(=O)(O)O)[C@@H](O)C(=O)NCCC(=O)NCCSC(=O)CCc1ccco1. The van der Waals surface area contributed by atoms with Crippen molar-refractivity contribution in [3.63, 3.8) is 0 Å². The number of thioether (sulfide) groups is 1. The van der Waals surface area contributed by atoms with Crippen LogP contribution in [-0.2, 0) is 57.1 Å². The maximum atomic E-state index is 12.7. The molecule has 2 unspecified atom stereocenters. The molecule has 0 bridgehead atoms. The molecule has 3 aromatic rings. The number of amides is 2. The van der Waals surface area contributed by atoms with Crippen LogP contribution >= 0.6 is 35.2 Å². The van der Waals surface area contributed by atoms with Crippen LogP contribution in [-0.4, -0.2) is 123 Å². The van der Waals surface area contributed by atoms with Crippen molar-refractivity contribution in [3.8, 4) is 0 Å². The molecule has 1 aliphatic heterocycles. The highest BCUT2D eigenvalue weighted by Gasteiger charge is 2.50. The third kappa shape index (κ3) is 14.0. The summed E-state index contributed by atoms with van der Waals surface area (Å²) in [4.78, 5) is 87.6. The van der Waals surface area contributed by atoms with Gasteiger partial charge in [-0.3, -0.25) is 32.5 Å². The minimum Gasteiger partial charge on any atom is -0.469 e. The smallest absolute Gasteiger partial charge is 0.469 e. The van der Waals surface area contributed by atoms with Gasteiger partial charge in [-0.25, -0.2) is 28.6 Å². The number of nitrogens with zero attached hydrogens (tertiary/aromatic N) is 4. The Balaban J connectivity index is 1.21. The average molecular weight is 890 g/mol. The number of ether oxygens (including phenoxy) is 1. The van der Waals surface area contributed by atoms with Crippen LogP contribution < -0.4 is 16.4 Å². The molecule has 0 aliphatic carbocycles. The Morgan fingerprint density at radius 2 is 1.77 bits per heavy atom. The molecule has 1 fully saturated rings. The Morgan fingerprint density at radius 3 is 2.46 bits per heavy atom. The number of aryl methyl sites for hydroxylation is 1. The van der Waals surface area contributed by atoms with Crippen molar-refractivity contribution < 1.29 is 84.9 Å². The van der Waals surface area contributed by atoms with Crippen molar-refractivity contribution in [2.75, 3.05) is 37.8 Å². The zero-order valence-electron chi connectivity index (χ0n) is 30.1.